The first-order valence-electron chi connectivity index (χ1n) is 5.58. The maximum absolute atomic E-state index is 7.50. The summed E-state index contributed by atoms with van der Waals surface area (Å²) in [5.41, 5.74) is 0. The van der Waals surface area contributed by atoms with Crippen molar-refractivity contribution >= 4 is 0 Å². The quantitative estimate of drug-likeness (QED) is 0.215. The summed E-state index contributed by atoms with van der Waals surface area (Å²) in [7, 11) is 0. The van der Waals surface area contributed by atoms with Gasteiger partial charge in [-0.3, -0.25) is 0 Å². The Morgan fingerprint density at radius 2 is 0.655 bits per heavy atom. The molecular weight excluding hydrogens is 643 g/mol. The van der Waals surface area contributed by atoms with Crippen molar-refractivity contribution in [3.8, 4) is 0 Å². The van der Waals surface area contributed by atoms with E-state index in [-0.39, 0.29) is 58.4 Å². The van der Waals surface area contributed by atoms with E-state index in [1.54, 1.807) is 0 Å². The Morgan fingerprint density at radius 3 is 0.897 bits per heavy atom. The van der Waals surface area contributed by atoms with Gasteiger partial charge in [-0.25, -0.2) is 0 Å². The molecule has 0 saturated heterocycles. The fourth-order valence-electron chi connectivity index (χ4n) is 1.86. The van der Waals surface area contributed by atoms with Crippen molar-refractivity contribution in [2.24, 2.45) is 0 Å². The number of rotatable bonds is 0. The van der Waals surface area contributed by atoms with E-state index in [0.717, 1.165) is 0 Å². The van der Waals surface area contributed by atoms with Gasteiger partial charge in [0.1, 0.15) is 0 Å². The van der Waals surface area contributed by atoms with Crippen LogP contribution in [0.1, 0.15) is 0 Å². The molecule has 0 aromatic carbocycles. The maximum atomic E-state index is 7.50. The summed E-state index contributed by atoms with van der Waals surface area (Å²) in [4.78, 5) is 0. The summed E-state index contributed by atoms with van der Waals surface area (Å²) >= 11 is 0. The van der Waals surface area contributed by atoms with Crippen LogP contribution in [0.3, 0.4) is 0 Å². The van der Waals surface area contributed by atoms with Crippen LogP contribution in [0.4, 0.5) is 0 Å². The van der Waals surface area contributed by atoms with Gasteiger partial charge < -0.3 is 0 Å². The van der Waals surface area contributed by atoms with E-state index >= 15 is 0 Å². The minimum atomic E-state index is 0. The molecule has 3 aliphatic rings. The van der Waals surface area contributed by atoms with Crippen molar-refractivity contribution in [1.29, 1.82) is 0 Å². The molecule has 29 heavy (non-hydrogen) atoms. The van der Waals surface area contributed by atoms with Gasteiger partial charge in [-0.1, -0.05) is 24.3 Å². The van der Waals surface area contributed by atoms with Crippen LogP contribution in [0.25, 0.3) is 0 Å². The van der Waals surface area contributed by atoms with E-state index in [1.807, 2.05) is 0 Å². The second-order valence-electron chi connectivity index (χ2n) is 3.13. The van der Waals surface area contributed by atoms with Crippen LogP contribution in [-0.2, 0) is 91.0 Å². The number of hydrogen-bond donors (Lipinski definition) is 0. The molecule has 1 fully saturated rings. The number of hydrogen-bond acceptors (Lipinski definition) is 0. The smallest absolute Gasteiger partial charge is 0.0836 e. The molecule has 10 heteroatoms. The van der Waals surface area contributed by atoms with Gasteiger partial charge >= 0.3 is 118 Å². The molecule has 148 valence electrons. The largest absolute Gasteiger partial charge is 1.00 e. The summed E-state index contributed by atoms with van der Waals surface area (Å²) < 4.78 is 52.5. The molecule has 0 N–H and O–H groups in total. The Bertz CT molecular complexity index is 434. The summed E-state index contributed by atoms with van der Waals surface area (Å²) in [6, 6.07) is 0. The molecule has 0 aromatic rings. The van der Waals surface area contributed by atoms with Crippen molar-refractivity contribution in [3.63, 3.8) is 0 Å². The van der Waals surface area contributed by atoms with Crippen LogP contribution in [0.15, 0.2) is 24.3 Å². The van der Waals surface area contributed by atoms with E-state index in [4.69, 9.17) is 32.6 Å². The summed E-state index contributed by atoms with van der Waals surface area (Å²) in [5.74, 6) is 5.45. The van der Waals surface area contributed by atoms with Gasteiger partial charge in [-0.15, -0.1) is 0 Å². The standard InChI is InChI=1S/C12H8.7CO.3Ru/c1-3-9-4-2-6-11-8-7-10(5-1)12(9)11;7*1-2;;;/h1-8H;;;;;;;;;;/q;;;;;;;;;2*+1. The molecule has 0 atom stereocenters. The minimum Gasteiger partial charge on any atom is -0.0836 e. The first kappa shape index (κ1) is 51.3. The van der Waals surface area contributed by atoms with Crippen molar-refractivity contribution in [1.82, 2.24) is 0 Å². The molecule has 7 nitrogen and oxygen atoms in total. The Kier molecular flexibility index (Phi) is 89.9. The second kappa shape index (κ2) is 50.8. The van der Waals surface area contributed by atoms with Gasteiger partial charge in [0.25, 0.3) is 0 Å². The molecule has 0 bridgehead atoms. The number of allylic oxidation sites excluding steroid dienone is 4. The topological polar surface area (TPSA) is 139 Å². The van der Waals surface area contributed by atoms with Gasteiger partial charge in [0.2, 0.25) is 0 Å². The molecule has 1 saturated carbocycles. The molecule has 0 aliphatic heterocycles. The summed E-state index contributed by atoms with van der Waals surface area (Å²) in [6.45, 7) is 31.5. The van der Waals surface area contributed by atoms with Crippen LogP contribution >= 0.6 is 0 Å². The predicted octanol–water partition coefficient (Wildman–Crippen LogP) is 1.98. The minimum absolute atomic E-state index is 0. The Balaban J connectivity index is -0.0000000379. The van der Waals surface area contributed by atoms with Crippen LogP contribution in [0, 0.1) is 95.9 Å². The monoisotopic (exact) mass is 654 g/mol. The van der Waals surface area contributed by atoms with E-state index in [0.29, 0.717) is 0 Å². The zero-order valence-electron chi connectivity index (χ0n) is 14.0. The zero-order chi connectivity index (χ0) is 22.0. The molecule has 0 heterocycles. The molecule has 0 amide bonds. The zero-order valence-corrected chi connectivity index (χ0v) is 19.3. The van der Waals surface area contributed by atoms with Crippen LogP contribution in [-0.4, -0.2) is 0 Å². The average Bonchev–Trinajstić information content (AvgIpc) is 3.23. The first-order valence-corrected chi connectivity index (χ1v) is 5.58. The fraction of sp³-hybridized carbons (Fsp3) is 0. The normalized spacial score (nSPS) is 13.4. The van der Waals surface area contributed by atoms with Crippen LogP contribution in [0.2, 0.25) is 0 Å². The fourth-order valence-corrected chi connectivity index (χ4v) is 1.86. The van der Waals surface area contributed by atoms with Gasteiger partial charge in [0, 0.05) is 37.2 Å². The van der Waals surface area contributed by atoms with Gasteiger partial charge in [-0.05, 0) is 31.6 Å². The van der Waals surface area contributed by atoms with E-state index in [1.165, 1.54) is 23.7 Å². The molecular formula is C19H8O7Ru3+2. The van der Waals surface area contributed by atoms with E-state index < -0.39 is 0 Å². The molecule has 10 radical (unpaired) electrons. The van der Waals surface area contributed by atoms with Crippen molar-refractivity contribution in [2.45, 2.75) is 0 Å². The SMILES string of the molecule is [C-]#[O+].[C-]#[O+].[C-]#[O+].[C-]#[O+].[C-]#[O+].[C-]#[O+].[C-]#[O+].[CH]1C=C[C]2[CH][CH][C]3C=C[CH][C]1[C]23.[Ru+].[Ru+].[Ru]. The molecule has 0 spiro atoms. The maximum Gasteiger partial charge on any atom is 1.00 e. The van der Waals surface area contributed by atoms with Crippen LogP contribution in [0.5, 0.6) is 0 Å². The van der Waals surface area contributed by atoms with Gasteiger partial charge in [0.05, 0.1) is 0 Å². The summed E-state index contributed by atoms with van der Waals surface area (Å²) in [6.07, 6.45) is 17.2. The van der Waals surface area contributed by atoms with Crippen molar-refractivity contribution < 1.29 is 91.0 Å². The molecule has 3 rings (SSSR count). The third-order valence-corrected chi connectivity index (χ3v) is 2.41. The van der Waals surface area contributed by atoms with Gasteiger partial charge in [0.15, 0.2) is 0 Å². The van der Waals surface area contributed by atoms with Crippen molar-refractivity contribution in [2.75, 3.05) is 0 Å². The Morgan fingerprint density at radius 1 is 0.414 bits per heavy atom. The van der Waals surface area contributed by atoms with Crippen molar-refractivity contribution in [3.05, 3.63) is 120 Å². The third kappa shape index (κ3) is 22.0. The predicted molar refractivity (Wildman–Crippen MR) is 76.0 cm³/mol. The van der Waals surface area contributed by atoms with E-state index in [2.05, 4.69) is 96.5 Å². The molecule has 3 aliphatic carbocycles. The van der Waals surface area contributed by atoms with Gasteiger partial charge in [-0.2, -0.15) is 0 Å². The first-order chi connectivity index (χ1) is 12.9. The average molecular weight is 651 g/mol. The Hall–Kier alpha value is -0.470. The second-order valence-corrected chi connectivity index (χ2v) is 3.13. The van der Waals surface area contributed by atoms with E-state index in [9.17, 15) is 0 Å². The van der Waals surface area contributed by atoms with Crippen LogP contribution < -0.4 is 0 Å². The third-order valence-electron chi connectivity index (χ3n) is 2.41. The molecule has 0 unspecified atom stereocenters. The Labute approximate surface area is 210 Å². The molecule has 0 aromatic heterocycles. The summed E-state index contributed by atoms with van der Waals surface area (Å²) in [5, 5.41) is 0.